The van der Waals surface area contributed by atoms with Gasteiger partial charge >= 0.3 is 0 Å². The van der Waals surface area contributed by atoms with Gasteiger partial charge in [-0.3, -0.25) is 0 Å². The molecule has 1 aliphatic rings. The highest BCUT2D eigenvalue weighted by molar-refractivity contribution is 7.80. The van der Waals surface area contributed by atoms with Crippen LogP contribution in [-0.4, -0.2) is 39.7 Å². The Bertz CT molecular complexity index is 1090. The molecule has 31 heavy (non-hydrogen) atoms. The molecule has 1 aliphatic heterocycles. The van der Waals surface area contributed by atoms with Crippen molar-refractivity contribution >= 4 is 39.9 Å². The van der Waals surface area contributed by atoms with Gasteiger partial charge < -0.3 is 25.3 Å². The Morgan fingerprint density at radius 1 is 1.29 bits per heavy atom. The van der Waals surface area contributed by atoms with Crippen LogP contribution in [0.2, 0.25) is 0 Å². The summed E-state index contributed by atoms with van der Waals surface area (Å²) in [6.07, 6.45) is 8.87. The van der Waals surface area contributed by atoms with Gasteiger partial charge in [0.1, 0.15) is 11.6 Å². The Morgan fingerprint density at radius 3 is 2.87 bits per heavy atom. The summed E-state index contributed by atoms with van der Waals surface area (Å²) in [5.74, 6) is 1.80. The Morgan fingerprint density at radius 2 is 2.13 bits per heavy atom. The lowest BCUT2D eigenvalue weighted by Gasteiger charge is -2.32. The Kier molecular flexibility index (Phi) is 6.42. The molecule has 3 aromatic rings. The summed E-state index contributed by atoms with van der Waals surface area (Å²) in [7, 11) is 1.64. The van der Waals surface area contributed by atoms with Crippen LogP contribution in [0.25, 0.3) is 11.0 Å². The number of hydrogen-bond donors (Lipinski definition) is 3. The number of fused-ring (bicyclic) bond motifs is 1. The third-order valence-corrected chi connectivity index (χ3v) is 6.12. The summed E-state index contributed by atoms with van der Waals surface area (Å²) in [4.78, 5) is 10.6. The predicted molar refractivity (Wildman–Crippen MR) is 132 cm³/mol. The van der Waals surface area contributed by atoms with E-state index in [1.807, 2.05) is 36.4 Å². The third-order valence-electron chi connectivity index (χ3n) is 5.91. The monoisotopic (exact) mass is 435 g/mol. The molecule has 7 heteroatoms. The molecule has 6 nitrogen and oxygen atoms in total. The van der Waals surface area contributed by atoms with Gasteiger partial charge in [-0.25, -0.2) is 4.98 Å². The number of hydrogen-bond acceptors (Lipinski definition) is 4. The van der Waals surface area contributed by atoms with Crippen LogP contribution in [0, 0.1) is 0 Å². The van der Waals surface area contributed by atoms with Crippen LogP contribution in [0.3, 0.4) is 0 Å². The van der Waals surface area contributed by atoms with Crippen molar-refractivity contribution < 1.29 is 4.74 Å². The number of H-pyrrole nitrogens is 1. The van der Waals surface area contributed by atoms with Crippen LogP contribution in [0.15, 0.2) is 54.9 Å². The smallest absolute Gasteiger partial charge is 0.176 e. The zero-order valence-electron chi connectivity index (χ0n) is 18.2. The number of thiocarbonyl (C=S) groups is 1. The molecule has 2 unspecified atom stereocenters. The van der Waals surface area contributed by atoms with Crippen LogP contribution < -0.4 is 15.4 Å². The standard InChI is InChI=1S/C24H29N5OS/c1-4-16(2)29-13-11-17(12-14-29)18-15-25-20-9-10-22(27-23(18)20)28-24(31)26-19-7-5-6-8-21(19)30-3/h5-11,13,15-17,25H,4,12,14H2,1-3H3,(H2,26,27,28,31). The lowest BCUT2D eigenvalue weighted by molar-refractivity contribution is 0.266. The SMILES string of the molecule is CCC(C)N1C=CC(c2c[nH]c3ccc(NC(=S)Nc4ccccc4OC)nc23)CC1. The Balaban J connectivity index is 1.50. The van der Waals surface area contributed by atoms with Gasteiger partial charge in [-0.2, -0.15) is 0 Å². The molecule has 162 valence electrons. The second-order valence-electron chi connectivity index (χ2n) is 7.85. The minimum atomic E-state index is 0.357. The lowest BCUT2D eigenvalue weighted by Crippen LogP contribution is -2.31. The van der Waals surface area contributed by atoms with E-state index in [1.165, 1.54) is 5.56 Å². The molecular weight excluding hydrogens is 406 g/mol. The average Bonchev–Trinajstić information content (AvgIpc) is 3.22. The van der Waals surface area contributed by atoms with E-state index in [-0.39, 0.29) is 0 Å². The summed E-state index contributed by atoms with van der Waals surface area (Å²) in [5, 5.41) is 6.85. The van der Waals surface area contributed by atoms with Gasteiger partial charge in [-0.05, 0) is 62.4 Å². The molecule has 2 aromatic heterocycles. The number of benzene rings is 1. The Labute approximate surface area is 188 Å². The topological polar surface area (TPSA) is 65.2 Å². The number of ether oxygens (including phenoxy) is 1. The first-order valence-corrected chi connectivity index (χ1v) is 11.1. The average molecular weight is 436 g/mol. The number of aromatic amines is 1. The molecule has 0 fully saturated rings. The zero-order valence-corrected chi connectivity index (χ0v) is 19.0. The van der Waals surface area contributed by atoms with Crippen molar-refractivity contribution in [1.82, 2.24) is 14.9 Å². The molecule has 0 radical (unpaired) electrons. The van der Waals surface area contributed by atoms with Crippen LogP contribution in [0.4, 0.5) is 11.5 Å². The predicted octanol–water partition coefficient (Wildman–Crippen LogP) is 5.48. The van der Waals surface area contributed by atoms with Gasteiger partial charge in [0.25, 0.3) is 0 Å². The molecule has 0 saturated carbocycles. The van der Waals surface area contributed by atoms with Gasteiger partial charge in [-0.1, -0.05) is 25.1 Å². The van der Waals surface area contributed by atoms with Crippen LogP contribution in [-0.2, 0) is 0 Å². The van der Waals surface area contributed by atoms with E-state index < -0.39 is 0 Å². The van der Waals surface area contributed by atoms with Crippen molar-refractivity contribution in [2.24, 2.45) is 0 Å². The minimum Gasteiger partial charge on any atom is -0.495 e. The van der Waals surface area contributed by atoms with Gasteiger partial charge in [0.2, 0.25) is 0 Å². The number of nitrogens with one attached hydrogen (secondary N) is 3. The van der Waals surface area contributed by atoms with Crippen molar-refractivity contribution in [3.05, 3.63) is 60.4 Å². The number of para-hydroxylation sites is 2. The molecule has 2 atom stereocenters. The van der Waals surface area contributed by atoms with E-state index in [2.05, 4.69) is 52.8 Å². The van der Waals surface area contributed by atoms with E-state index in [0.29, 0.717) is 22.9 Å². The molecule has 3 N–H and O–H groups in total. The minimum absolute atomic E-state index is 0.357. The number of aromatic nitrogens is 2. The second-order valence-corrected chi connectivity index (χ2v) is 8.26. The van der Waals surface area contributed by atoms with Gasteiger partial charge in [0.15, 0.2) is 5.11 Å². The fourth-order valence-corrected chi connectivity index (χ4v) is 4.14. The maximum Gasteiger partial charge on any atom is 0.176 e. The molecule has 0 saturated heterocycles. The summed E-state index contributed by atoms with van der Waals surface area (Å²) in [6.45, 7) is 5.57. The summed E-state index contributed by atoms with van der Waals surface area (Å²) >= 11 is 5.49. The largest absolute Gasteiger partial charge is 0.495 e. The molecular formula is C24H29N5OS. The third kappa shape index (κ3) is 4.66. The first-order valence-electron chi connectivity index (χ1n) is 10.7. The molecule has 0 amide bonds. The molecule has 1 aromatic carbocycles. The summed E-state index contributed by atoms with van der Waals surface area (Å²) in [5.41, 5.74) is 4.05. The number of allylic oxidation sites excluding steroid dienone is 1. The quantitative estimate of drug-likeness (QED) is 0.446. The second kappa shape index (κ2) is 9.39. The van der Waals surface area contributed by atoms with Crippen molar-refractivity contribution in [2.45, 2.75) is 38.6 Å². The summed E-state index contributed by atoms with van der Waals surface area (Å²) < 4.78 is 5.38. The number of anilines is 2. The number of methoxy groups -OCH3 is 1. The molecule has 3 heterocycles. The van der Waals surface area contributed by atoms with E-state index in [4.69, 9.17) is 21.9 Å². The van der Waals surface area contributed by atoms with E-state index >= 15 is 0 Å². The van der Waals surface area contributed by atoms with E-state index in [1.54, 1.807) is 7.11 Å². The maximum atomic E-state index is 5.49. The first-order chi connectivity index (χ1) is 15.1. The number of pyridine rings is 1. The Hall–Kier alpha value is -3.06. The molecule has 0 bridgehead atoms. The molecule has 0 spiro atoms. The fourth-order valence-electron chi connectivity index (χ4n) is 3.92. The first kappa shape index (κ1) is 21.2. The van der Waals surface area contributed by atoms with Crippen LogP contribution in [0.5, 0.6) is 5.75 Å². The van der Waals surface area contributed by atoms with Gasteiger partial charge in [0, 0.05) is 30.3 Å². The molecule has 0 aliphatic carbocycles. The highest BCUT2D eigenvalue weighted by Crippen LogP contribution is 2.32. The normalized spacial score (nSPS) is 16.9. The van der Waals surface area contributed by atoms with E-state index in [0.717, 1.165) is 41.9 Å². The van der Waals surface area contributed by atoms with Crippen LogP contribution in [0.1, 0.15) is 38.2 Å². The molecule has 4 rings (SSSR count). The summed E-state index contributed by atoms with van der Waals surface area (Å²) in [6, 6.07) is 12.2. The van der Waals surface area contributed by atoms with Crippen molar-refractivity contribution in [3.8, 4) is 5.75 Å². The van der Waals surface area contributed by atoms with Crippen molar-refractivity contribution in [3.63, 3.8) is 0 Å². The zero-order chi connectivity index (χ0) is 21.8. The van der Waals surface area contributed by atoms with Crippen molar-refractivity contribution in [2.75, 3.05) is 24.3 Å². The highest BCUT2D eigenvalue weighted by Gasteiger charge is 2.21. The number of rotatable bonds is 6. The van der Waals surface area contributed by atoms with Crippen LogP contribution >= 0.6 is 12.2 Å². The maximum absolute atomic E-state index is 5.49. The fraction of sp³-hybridized carbons (Fsp3) is 0.333. The number of nitrogens with zero attached hydrogens (tertiary/aromatic N) is 2. The van der Waals surface area contributed by atoms with Gasteiger partial charge in [-0.15, -0.1) is 0 Å². The lowest BCUT2D eigenvalue weighted by atomic mass is 9.94. The van der Waals surface area contributed by atoms with Gasteiger partial charge in [0.05, 0.1) is 23.8 Å². The van der Waals surface area contributed by atoms with E-state index in [9.17, 15) is 0 Å². The van der Waals surface area contributed by atoms with Crippen molar-refractivity contribution in [1.29, 1.82) is 0 Å². The highest BCUT2D eigenvalue weighted by atomic mass is 32.1.